The van der Waals surface area contributed by atoms with Gasteiger partial charge in [0.15, 0.2) is 0 Å². The fourth-order valence-corrected chi connectivity index (χ4v) is 2.93. The Bertz CT molecular complexity index is 383. The molecule has 0 atom stereocenters. The zero-order chi connectivity index (χ0) is 13.0. The van der Waals surface area contributed by atoms with Crippen molar-refractivity contribution in [2.24, 2.45) is 0 Å². The lowest BCUT2D eigenvalue weighted by Crippen LogP contribution is -2.48. The van der Waals surface area contributed by atoms with Gasteiger partial charge < -0.3 is 9.63 Å². The van der Waals surface area contributed by atoms with Crippen LogP contribution in [0.15, 0.2) is 17.0 Å². The summed E-state index contributed by atoms with van der Waals surface area (Å²) in [5.74, 6) is -0.714. The second-order valence-corrected chi connectivity index (χ2v) is 5.24. The monoisotopic (exact) mass is 252 g/mol. The van der Waals surface area contributed by atoms with Gasteiger partial charge in [0.25, 0.3) is 0 Å². The largest absolute Gasteiger partial charge is 0.481 e. The summed E-state index contributed by atoms with van der Waals surface area (Å²) in [5, 5.41) is 12.8. The molecule has 0 unspecified atom stereocenters. The van der Waals surface area contributed by atoms with E-state index in [9.17, 15) is 4.79 Å². The molecule has 5 nitrogen and oxygen atoms in total. The molecule has 18 heavy (non-hydrogen) atoms. The number of carboxylic acid groups (broad SMARTS) is 1. The zero-order valence-electron chi connectivity index (χ0n) is 10.8. The number of rotatable bonds is 5. The molecular weight excluding hydrogens is 232 g/mol. The average molecular weight is 252 g/mol. The second-order valence-electron chi connectivity index (χ2n) is 5.24. The van der Waals surface area contributed by atoms with Gasteiger partial charge in [-0.2, -0.15) is 0 Å². The Hall–Kier alpha value is -1.36. The topological polar surface area (TPSA) is 66.6 Å². The van der Waals surface area contributed by atoms with Crippen LogP contribution in [0.25, 0.3) is 0 Å². The van der Waals surface area contributed by atoms with Crippen molar-refractivity contribution in [3.63, 3.8) is 0 Å². The third-order valence-corrected chi connectivity index (χ3v) is 3.98. The van der Waals surface area contributed by atoms with E-state index in [0.29, 0.717) is 6.54 Å². The number of hydrogen-bond donors (Lipinski definition) is 1. The molecular formula is C13H20N2O3. The minimum absolute atomic E-state index is 0.207. The standard InChI is InChI=1S/C13H20N2O3/c1-15(9-11-8-14-18-10-11)13(7-12(16)17)5-3-2-4-6-13/h8,10H,2-7,9H2,1H3,(H,16,17). The molecule has 0 spiro atoms. The first-order valence-corrected chi connectivity index (χ1v) is 6.44. The molecule has 1 N–H and O–H groups in total. The maximum Gasteiger partial charge on any atom is 0.305 e. The third kappa shape index (κ3) is 2.90. The molecule has 1 fully saturated rings. The maximum absolute atomic E-state index is 11.1. The van der Waals surface area contributed by atoms with Crippen molar-refractivity contribution in [3.8, 4) is 0 Å². The second kappa shape index (κ2) is 5.52. The third-order valence-electron chi connectivity index (χ3n) is 3.98. The zero-order valence-corrected chi connectivity index (χ0v) is 10.8. The summed E-state index contributed by atoms with van der Waals surface area (Å²) in [4.78, 5) is 13.3. The summed E-state index contributed by atoms with van der Waals surface area (Å²) in [6, 6.07) is 0. The first-order chi connectivity index (χ1) is 8.62. The van der Waals surface area contributed by atoms with Gasteiger partial charge in [-0.25, -0.2) is 0 Å². The minimum atomic E-state index is -0.714. The Labute approximate surface area is 107 Å². The maximum atomic E-state index is 11.1. The molecule has 0 saturated heterocycles. The van der Waals surface area contributed by atoms with Gasteiger partial charge in [0.1, 0.15) is 6.26 Å². The summed E-state index contributed by atoms with van der Waals surface area (Å²) < 4.78 is 4.82. The molecule has 0 amide bonds. The predicted molar refractivity (Wildman–Crippen MR) is 66.0 cm³/mol. The van der Waals surface area contributed by atoms with E-state index in [2.05, 4.69) is 10.1 Å². The highest BCUT2D eigenvalue weighted by atomic mass is 16.5. The van der Waals surface area contributed by atoms with Crippen LogP contribution in [0.4, 0.5) is 0 Å². The van der Waals surface area contributed by atoms with Gasteiger partial charge in [0.2, 0.25) is 0 Å². The number of carboxylic acids is 1. The van der Waals surface area contributed by atoms with Crippen LogP contribution in [-0.2, 0) is 11.3 Å². The summed E-state index contributed by atoms with van der Waals surface area (Å²) in [6.45, 7) is 0.691. The highest BCUT2D eigenvalue weighted by molar-refractivity contribution is 5.68. The van der Waals surface area contributed by atoms with Crippen molar-refractivity contribution < 1.29 is 14.4 Å². The van der Waals surface area contributed by atoms with Gasteiger partial charge in [0.05, 0.1) is 12.6 Å². The van der Waals surface area contributed by atoms with Gasteiger partial charge >= 0.3 is 5.97 Å². The van der Waals surface area contributed by atoms with E-state index in [1.54, 1.807) is 12.5 Å². The van der Waals surface area contributed by atoms with Gasteiger partial charge in [-0.05, 0) is 19.9 Å². The molecule has 2 rings (SSSR count). The molecule has 1 saturated carbocycles. The average Bonchev–Trinajstić information content (AvgIpc) is 2.82. The van der Waals surface area contributed by atoms with Crippen molar-refractivity contribution >= 4 is 5.97 Å². The lowest BCUT2D eigenvalue weighted by Gasteiger charge is -2.43. The molecule has 1 aromatic rings. The van der Waals surface area contributed by atoms with E-state index in [1.165, 1.54) is 6.42 Å². The van der Waals surface area contributed by atoms with Crippen LogP contribution in [0, 0.1) is 0 Å². The SMILES string of the molecule is CN(Cc1cnoc1)C1(CC(=O)O)CCCCC1. The Morgan fingerprint density at radius 2 is 2.22 bits per heavy atom. The molecule has 100 valence electrons. The van der Waals surface area contributed by atoms with E-state index in [-0.39, 0.29) is 12.0 Å². The first kappa shape index (κ1) is 13.1. The summed E-state index contributed by atoms with van der Waals surface area (Å²) in [5.41, 5.74) is 0.786. The fourth-order valence-electron chi connectivity index (χ4n) is 2.93. The van der Waals surface area contributed by atoms with Crippen LogP contribution in [0.3, 0.4) is 0 Å². The van der Waals surface area contributed by atoms with Crippen molar-refractivity contribution in [3.05, 3.63) is 18.0 Å². The molecule has 1 aromatic heterocycles. The minimum Gasteiger partial charge on any atom is -0.481 e. The highest BCUT2D eigenvalue weighted by Crippen LogP contribution is 2.36. The van der Waals surface area contributed by atoms with Crippen molar-refractivity contribution in [2.75, 3.05) is 7.05 Å². The van der Waals surface area contributed by atoms with Gasteiger partial charge in [-0.1, -0.05) is 24.4 Å². The predicted octanol–water partition coefficient (Wildman–Crippen LogP) is 2.28. The molecule has 0 bridgehead atoms. The van der Waals surface area contributed by atoms with Crippen molar-refractivity contribution in [1.29, 1.82) is 0 Å². The molecule has 0 aromatic carbocycles. The summed E-state index contributed by atoms with van der Waals surface area (Å²) in [6.07, 6.45) is 8.88. The number of aromatic nitrogens is 1. The highest BCUT2D eigenvalue weighted by Gasteiger charge is 2.38. The lowest BCUT2D eigenvalue weighted by molar-refractivity contribution is -0.141. The lowest BCUT2D eigenvalue weighted by atomic mass is 9.78. The number of aliphatic carboxylic acids is 1. The molecule has 0 aliphatic heterocycles. The van der Waals surface area contributed by atoms with E-state index in [4.69, 9.17) is 9.63 Å². The normalized spacial score (nSPS) is 19.0. The Morgan fingerprint density at radius 3 is 2.78 bits per heavy atom. The number of carbonyl (C=O) groups is 1. The van der Waals surface area contributed by atoms with Crippen LogP contribution in [0.1, 0.15) is 44.1 Å². The van der Waals surface area contributed by atoms with E-state index in [0.717, 1.165) is 31.2 Å². The smallest absolute Gasteiger partial charge is 0.305 e. The van der Waals surface area contributed by atoms with Gasteiger partial charge in [0, 0.05) is 17.6 Å². The molecule has 0 radical (unpaired) electrons. The quantitative estimate of drug-likeness (QED) is 0.870. The Kier molecular flexibility index (Phi) is 4.01. The van der Waals surface area contributed by atoms with E-state index >= 15 is 0 Å². The molecule has 5 heteroatoms. The number of nitrogens with zero attached hydrogens (tertiary/aromatic N) is 2. The van der Waals surface area contributed by atoms with Crippen LogP contribution < -0.4 is 0 Å². The van der Waals surface area contributed by atoms with Crippen LogP contribution in [0.2, 0.25) is 0 Å². The van der Waals surface area contributed by atoms with E-state index in [1.807, 2.05) is 7.05 Å². The Morgan fingerprint density at radius 1 is 1.50 bits per heavy atom. The van der Waals surface area contributed by atoms with Crippen molar-refractivity contribution in [2.45, 2.75) is 50.6 Å². The molecule has 1 aliphatic carbocycles. The van der Waals surface area contributed by atoms with Gasteiger partial charge in [-0.3, -0.25) is 9.69 Å². The fraction of sp³-hybridized carbons (Fsp3) is 0.692. The van der Waals surface area contributed by atoms with Gasteiger partial charge in [-0.15, -0.1) is 0 Å². The van der Waals surface area contributed by atoms with Crippen LogP contribution in [-0.4, -0.2) is 33.7 Å². The van der Waals surface area contributed by atoms with Crippen LogP contribution in [0.5, 0.6) is 0 Å². The summed E-state index contributed by atoms with van der Waals surface area (Å²) in [7, 11) is 2.00. The molecule has 1 heterocycles. The summed E-state index contributed by atoms with van der Waals surface area (Å²) >= 11 is 0. The van der Waals surface area contributed by atoms with Crippen LogP contribution >= 0.6 is 0 Å². The van der Waals surface area contributed by atoms with Crippen molar-refractivity contribution in [1.82, 2.24) is 10.1 Å². The number of hydrogen-bond acceptors (Lipinski definition) is 4. The Balaban J connectivity index is 2.09. The first-order valence-electron chi connectivity index (χ1n) is 6.44. The van der Waals surface area contributed by atoms with E-state index < -0.39 is 5.97 Å². The molecule has 1 aliphatic rings.